The molecule has 0 radical (unpaired) electrons. The smallest absolute Gasteiger partial charge is 0.236 e. The van der Waals surface area contributed by atoms with Gasteiger partial charge in [-0.15, -0.1) is 21.5 Å². The Labute approximate surface area is 220 Å². The van der Waals surface area contributed by atoms with Crippen molar-refractivity contribution in [1.29, 1.82) is 0 Å². The molecule has 1 unspecified atom stereocenters. The number of hydrogen-bond acceptors (Lipinski definition) is 8. The minimum Gasteiger partial charge on any atom is -0.497 e. The molecule has 0 fully saturated rings. The van der Waals surface area contributed by atoms with Crippen LogP contribution in [-0.2, 0) is 11.3 Å². The van der Waals surface area contributed by atoms with E-state index < -0.39 is 0 Å². The average Bonchev–Trinajstić information content (AvgIpc) is 3.50. The second kappa shape index (κ2) is 11.7. The van der Waals surface area contributed by atoms with Crippen molar-refractivity contribution < 1.29 is 14.3 Å². The Morgan fingerprint density at radius 2 is 1.86 bits per heavy atom. The summed E-state index contributed by atoms with van der Waals surface area (Å²) in [6.45, 7) is 4.59. The van der Waals surface area contributed by atoms with Crippen LogP contribution >= 0.6 is 39.0 Å². The largest absolute Gasteiger partial charge is 0.497 e. The number of amides is 1. The molecule has 35 heavy (non-hydrogen) atoms. The van der Waals surface area contributed by atoms with Crippen LogP contribution in [0.3, 0.4) is 0 Å². The number of aromatic nitrogens is 4. The van der Waals surface area contributed by atoms with Gasteiger partial charge in [-0.2, -0.15) is 0 Å². The first-order valence-electron chi connectivity index (χ1n) is 10.8. The van der Waals surface area contributed by atoms with Crippen molar-refractivity contribution in [3.8, 4) is 22.8 Å². The number of thiazole rings is 1. The van der Waals surface area contributed by atoms with Gasteiger partial charge in [0.05, 0.1) is 18.6 Å². The van der Waals surface area contributed by atoms with E-state index in [0.717, 1.165) is 21.5 Å². The van der Waals surface area contributed by atoms with Crippen LogP contribution in [0, 0.1) is 0 Å². The molecule has 0 saturated heterocycles. The van der Waals surface area contributed by atoms with E-state index in [1.807, 2.05) is 72.3 Å². The number of carbonyl (C=O) groups is 1. The van der Waals surface area contributed by atoms with E-state index in [1.165, 1.54) is 23.1 Å². The first-order chi connectivity index (χ1) is 17.0. The minimum absolute atomic E-state index is 0.151. The van der Waals surface area contributed by atoms with Gasteiger partial charge >= 0.3 is 0 Å². The summed E-state index contributed by atoms with van der Waals surface area (Å²) in [6, 6.07) is 15.3. The second-order valence-electron chi connectivity index (χ2n) is 7.40. The molecule has 2 heterocycles. The standard InChI is InChI=1S/C24H24BrN5O3S2/c1-4-30-22(15(2)33-19-11-9-18(32-3)10-12-19)28-29-24(30)35-14-21(31)27-23-26-20(13-34-23)16-5-7-17(25)8-6-16/h5-13,15H,4,14H2,1-3H3,(H,26,27,31). The van der Waals surface area contributed by atoms with Crippen molar-refractivity contribution in [2.24, 2.45) is 0 Å². The van der Waals surface area contributed by atoms with Crippen molar-refractivity contribution in [1.82, 2.24) is 19.7 Å². The first kappa shape index (κ1) is 25.2. The van der Waals surface area contributed by atoms with Gasteiger partial charge in [-0.25, -0.2) is 4.98 Å². The van der Waals surface area contributed by atoms with E-state index in [4.69, 9.17) is 9.47 Å². The maximum atomic E-state index is 12.5. The van der Waals surface area contributed by atoms with Gasteiger partial charge < -0.3 is 19.4 Å². The first-order valence-corrected chi connectivity index (χ1v) is 13.5. The summed E-state index contributed by atoms with van der Waals surface area (Å²) in [4.78, 5) is 17.1. The highest BCUT2D eigenvalue weighted by Crippen LogP contribution is 2.28. The summed E-state index contributed by atoms with van der Waals surface area (Å²) in [5, 5.41) is 14.6. The number of nitrogens with zero attached hydrogens (tertiary/aromatic N) is 4. The Morgan fingerprint density at radius 1 is 1.14 bits per heavy atom. The molecule has 4 rings (SSSR count). The normalized spacial score (nSPS) is 11.8. The van der Waals surface area contributed by atoms with Crippen molar-refractivity contribution >= 4 is 50.1 Å². The number of methoxy groups -OCH3 is 1. The predicted molar refractivity (Wildman–Crippen MR) is 142 cm³/mol. The van der Waals surface area contributed by atoms with E-state index >= 15 is 0 Å². The summed E-state index contributed by atoms with van der Waals surface area (Å²) in [5.41, 5.74) is 1.82. The molecule has 0 aliphatic rings. The topological polar surface area (TPSA) is 91.2 Å². The number of anilines is 1. The fraction of sp³-hybridized carbons (Fsp3) is 0.250. The number of rotatable bonds is 10. The number of thioether (sulfide) groups is 1. The van der Waals surface area contributed by atoms with Gasteiger partial charge in [0.2, 0.25) is 5.91 Å². The molecule has 0 spiro atoms. The van der Waals surface area contributed by atoms with Gasteiger partial charge in [0.25, 0.3) is 0 Å². The minimum atomic E-state index is -0.314. The molecular formula is C24H24BrN5O3S2. The fourth-order valence-corrected chi connectivity index (χ4v) is 5.10. The number of carbonyl (C=O) groups excluding carboxylic acids is 1. The highest BCUT2D eigenvalue weighted by Gasteiger charge is 2.20. The molecule has 2 aromatic heterocycles. The lowest BCUT2D eigenvalue weighted by Gasteiger charge is -2.15. The molecule has 0 saturated carbocycles. The highest BCUT2D eigenvalue weighted by molar-refractivity contribution is 9.10. The quantitative estimate of drug-likeness (QED) is 0.230. The maximum Gasteiger partial charge on any atom is 0.236 e. The van der Waals surface area contributed by atoms with Crippen LogP contribution < -0.4 is 14.8 Å². The lowest BCUT2D eigenvalue weighted by Crippen LogP contribution is -2.15. The lowest BCUT2D eigenvalue weighted by atomic mass is 10.2. The maximum absolute atomic E-state index is 12.5. The fourth-order valence-electron chi connectivity index (χ4n) is 3.29. The van der Waals surface area contributed by atoms with E-state index in [0.29, 0.717) is 28.4 Å². The second-order valence-corrected chi connectivity index (χ2v) is 10.1. The number of nitrogens with one attached hydrogen (secondary N) is 1. The highest BCUT2D eigenvalue weighted by atomic mass is 79.9. The number of ether oxygens (including phenoxy) is 2. The number of halogens is 1. The van der Waals surface area contributed by atoms with Gasteiger partial charge in [0.1, 0.15) is 11.5 Å². The van der Waals surface area contributed by atoms with Crippen LogP contribution in [0.25, 0.3) is 11.3 Å². The molecule has 4 aromatic rings. The molecule has 0 bridgehead atoms. The zero-order valence-corrected chi connectivity index (χ0v) is 22.6. The molecule has 2 aromatic carbocycles. The van der Waals surface area contributed by atoms with Crippen LogP contribution in [0.4, 0.5) is 5.13 Å². The molecular weight excluding hydrogens is 550 g/mol. The molecule has 11 heteroatoms. The van der Waals surface area contributed by atoms with Gasteiger partial charge in [-0.1, -0.05) is 39.8 Å². The van der Waals surface area contributed by atoms with Gasteiger partial charge in [0.15, 0.2) is 22.2 Å². The summed E-state index contributed by atoms with van der Waals surface area (Å²) < 4.78 is 14.2. The van der Waals surface area contributed by atoms with Crippen LogP contribution in [0.15, 0.2) is 63.5 Å². The summed E-state index contributed by atoms with van der Waals surface area (Å²) in [7, 11) is 1.62. The Kier molecular flexibility index (Phi) is 8.42. The Balaban J connectivity index is 1.34. The summed E-state index contributed by atoms with van der Waals surface area (Å²) in [6.07, 6.45) is -0.314. The molecule has 0 aliphatic heterocycles. The van der Waals surface area contributed by atoms with E-state index in [-0.39, 0.29) is 17.8 Å². The van der Waals surface area contributed by atoms with Crippen molar-refractivity contribution in [3.05, 3.63) is 64.2 Å². The summed E-state index contributed by atoms with van der Waals surface area (Å²) >= 11 is 6.16. The Bertz CT molecular complexity index is 1280. The number of hydrogen-bond donors (Lipinski definition) is 1. The molecule has 1 N–H and O–H groups in total. The zero-order valence-electron chi connectivity index (χ0n) is 19.4. The van der Waals surface area contributed by atoms with Crippen molar-refractivity contribution in [3.63, 3.8) is 0 Å². The van der Waals surface area contributed by atoms with Crippen molar-refractivity contribution in [2.75, 3.05) is 18.2 Å². The van der Waals surface area contributed by atoms with E-state index in [1.54, 1.807) is 7.11 Å². The molecule has 0 aliphatic carbocycles. The molecule has 1 atom stereocenters. The van der Waals surface area contributed by atoms with Crippen molar-refractivity contribution in [2.45, 2.75) is 31.7 Å². The summed E-state index contributed by atoms with van der Waals surface area (Å²) in [5.74, 6) is 2.22. The monoisotopic (exact) mass is 573 g/mol. The average molecular weight is 575 g/mol. The number of benzene rings is 2. The van der Waals surface area contributed by atoms with Gasteiger partial charge in [-0.05, 0) is 50.2 Å². The molecule has 8 nitrogen and oxygen atoms in total. The predicted octanol–water partition coefficient (Wildman–Crippen LogP) is 6.06. The third-order valence-corrected chi connectivity index (χ3v) is 7.27. The van der Waals surface area contributed by atoms with Crippen LogP contribution in [-0.4, -0.2) is 38.5 Å². The third kappa shape index (κ3) is 6.41. The van der Waals surface area contributed by atoms with E-state index in [2.05, 4.69) is 36.4 Å². The molecule has 182 valence electrons. The Morgan fingerprint density at radius 3 is 2.54 bits per heavy atom. The van der Waals surface area contributed by atoms with Gasteiger partial charge in [0, 0.05) is 22.0 Å². The Hall–Kier alpha value is -2.89. The van der Waals surface area contributed by atoms with Crippen LogP contribution in [0.2, 0.25) is 0 Å². The van der Waals surface area contributed by atoms with Crippen LogP contribution in [0.5, 0.6) is 11.5 Å². The third-order valence-electron chi connectivity index (χ3n) is 5.02. The SMILES string of the molecule is CCn1c(SCC(=O)Nc2nc(-c3ccc(Br)cc3)cs2)nnc1C(C)Oc1ccc(OC)cc1. The van der Waals surface area contributed by atoms with E-state index in [9.17, 15) is 4.79 Å². The van der Waals surface area contributed by atoms with Crippen LogP contribution in [0.1, 0.15) is 25.8 Å². The lowest BCUT2D eigenvalue weighted by molar-refractivity contribution is -0.113. The zero-order chi connectivity index (χ0) is 24.8. The molecule has 1 amide bonds. The van der Waals surface area contributed by atoms with Gasteiger partial charge in [-0.3, -0.25) is 4.79 Å².